The zero-order valence-electron chi connectivity index (χ0n) is 18.5. The molecule has 0 saturated carbocycles. The van der Waals surface area contributed by atoms with Crippen LogP contribution in [0.15, 0.2) is 67.8 Å². The second kappa shape index (κ2) is 9.73. The van der Waals surface area contributed by atoms with Crippen molar-refractivity contribution >= 4 is 16.9 Å². The number of rotatable bonds is 10. The number of hydrogen-bond donors (Lipinski definition) is 0. The molecule has 1 aromatic heterocycles. The summed E-state index contributed by atoms with van der Waals surface area (Å²) < 4.78 is 13.8. The van der Waals surface area contributed by atoms with Crippen molar-refractivity contribution in [2.24, 2.45) is 0 Å². The minimum atomic E-state index is 0.0579. The number of imidazole rings is 1. The molecule has 1 saturated heterocycles. The maximum absolute atomic E-state index is 12.4. The number of ether oxygens (including phenoxy) is 2. The predicted molar refractivity (Wildman–Crippen MR) is 126 cm³/mol. The average molecular weight is 432 g/mol. The van der Waals surface area contributed by atoms with Crippen molar-refractivity contribution in [3.63, 3.8) is 0 Å². The summed E-state index contributed by atoms with van der Waals surface area (Å²) in [4.78, 5) is 19.1. The summed E-state index contributed by atoms with van der Waals surface area (Å²) in [5.74, 6) is 2.56. The van der Waals surface area contributed by atoms with Crippen LogP contribution >= 0.6 is 0 Å². The Kier molecular flexibility index (Phi) is 6.59. The fourth-order valence-corrected chi connectivity index (χ4v) is 4.29. The number of carbonyl (C=O) groups is 1. The smallest absolute Gasteiger partial charge is 0.223 e. The molecular weight excluding hydrogens is 402 g/mol. The van der Waals surface area contributed by atoms with Crippen molar-refractivity contribution in [2.45, 2.75) is 25.3 Å². The SMILES string of the molecule is C=CCc1ccc(OCCn2c([C@H]3CC(=O)N(CC=C)C3)nc3ccccc32)c(OC)c1. The van der Waals surface area contributed by atoms with Gasteiger partial charge in [0.05, 0.1) is 24.7 Å². The maximum atomic E-state index is 12.4. The molecule has 6 heteroatoms. The van der Waals surface area contributed by atoms with Crippen molar-refractivity contribution in [2.75, 3.05) is 26.8 Å². The number of methoxy groups -OCH3 is 1. The third kappa shape index (κ3) is 4.40. The number of benzene rings is 2. The molecule has 6 nitrogen and oxygen atoms in total. The highest BCUT2D eigenvalue weighted by molar-refractivity contribution is 5.81. The summed E-state index contributed by atoms with van der Waals surface area (Å²) in [6, 6.07) is 14.0. The summed E-state index contributed by atoms with van der Waals surface area (Å²) >= 11 is 0. The number of carbonyl (C=O) groups excluding carboxylic acids is 1. The van der Waals surface area contributed by atoms with Gasteiger partial charge in [-0.1, -0.05) is 30.4 Å². The van der Waals surface area contributed by atoms with E-state index in [9.17, 15) is 4.79 Å². The van der Waals surface area contributed by atoms with Crippen molar-refractivity contribution in [1.29, 1.82) is 0 Å². The number of likely N-dealkylation sites (tertiary alicyclic amines) is 1. The molecule has 1 aliphatic heterocycles. The average Bonchev–Trinajstić information content (AvgIpc) is 3.35. The number of nitrogens with zero attached hydrogens (tertiary/aromatic N) is 3. The van der Waals surface area contributed by atoms with Gasteiger partial charge in [-0.05, 0) is 36.2 Å². The van der Waals surface area contributed by atoms with E-state index in [0.717, 1.165) is 28.8 Å². The van der Waals surface area contributed by atoms with Gasteiger partial charge in [0.2, 0.25) is 5.91 Å². The van der Waals surface area contributed by atoms with Crippen LogP contribution in [0.5, 0.6) is 11.5 Å². The molecule has 0 unspecified atom stereocenters. The van der Waals surface area contributed by atoms with Crippen molar-refractivity contribution in [1.82, 2.24) is 14.5 Å². The van der Waals surface area contributed by atoms with E-state index in [4.69, 9.17) is 14.5 Å². The molecule has 1 atom stereocenters. The van der Waals surface area contributed by atoms with Crippen LogP contribution in [0.1, 0.15) is 23.7 Å². The Balaban J connectivity index is 1.54. The van der Waals surface area contributed by atoms with E-state index in [1.54, 1.807) is 13.2 Å². The van der Waals surface area contributed by atoms with Crippen LogP contribution in [0, 0.1) is 0 Å². The molecule has 166 valence electrons. The summed E-state index contributed by atoms with van der Waals surface area (Å²) in [6.45, 7) is 9.86. The van der Waals surface area contributed by atoms with Gasteiger partial charge in [-0.2, -0.15) is 0 Å². The molecule has 32 heavy (non-hydrogen) atoms. The van der Waals surface area contributed by atoms with E-state index in [1.165, 1.54) is 0 Å². The minimum Gasteiger partial charge on any atom is -0.493 e. The fraction of sp³-hybridized carbons (Fsp3) is 0.308. The molecule has 0 spiro atoms. The van der Waals surface area contributed by atoms with E-state index in [-0.39, 0.29) is 11.8 Å². The molecule has 1 aliphatic rings. The van der Waals surface area contributed by atoms with Gasteiger partial charge in [0.25, 0.3) is 0 Å². The molecular formula is C26H29N3O3. The molecule has 4 rings (SSSR count). The van der Waals surface area contributed by atoms with Gasteiger partial charge in [0.15, 0.2) is 11.5 Å². The van der Waals surface area contributed by atoms with E-state index >= 15 is 0 Å². The maximum Gasteiger partial charge on any atom is 0.223 e. The van der Waals surface area contributed by atoms with Crippen LogP contribution in [0.2, 0.25) is 0 Å². The topological polar surface area (TPSA) is 56.6 Å². The minimum absolute atomic E-state index is 0.0579. The van der Waals surface area contributed by atoms with Crippen molar-refractivity contribution < 1.29 is 14.3 Å². The lowest BCUT2D eigenvalue weighted by molar-refractivity contribution is -0.127. The normalized spacial score (nSPS) is 15.8. The zero-order valence-corrected chi connectivity index (χ0v) is 18.5. The molecule has 0 bridgehead atoms. The highest BCUT2D eigenvalue weighted by Crippen LogP contribution is 2.31. The van der Waals surface area contributed by atoms with E-state index in [2.05, 4.69) is 23.8 Å². The number of allylic oxidation sites excluding steroid dienone is 1. The quantitative estimate of drug-likeness (QED) is 0.448. The van der Waals surface area contributed by atoms with Gasteiger partial charge in [0, 0.05) is 25.4 Å². The monoisotopic (exact) mass is 431 g/mol. The zero-order chi connectivity index (χ0) is 22.5. The van der Waals surface area contributed by atoms with E-state index in [0.29, 0.717) is 44.2 Å². The second-order valence-electron chi connectivity index (χ2n) is 7.93. The highest BCUT2D eigenvalue weighted by Gasteiger charge is 2.33. The first kappa shape index (κ1) is 21.7. The number of amides is 1. The summed E-state index contributed by atoms with van der Waals surface area (Å²) in [5, 5.41) is 0. The van der Waals surface area contributed by atoms with Crippen LogP contribution in [0.3, 0.4) is 0 Å². The Morgan fingerprint density at radius 1 is 1.16 bits per heavy atom. The first-order valence-corrected chi connectivity index (χ1v) is 10.9. The summed E-state index contributed by atoms with van der Waals surface area (Å²) in [7, 11) is 1.65. The Hall–Kier alpha value is -3.54. The van der Waals surface area contributed by atoms with Gasteiger partial charge < -0.3 is 18.9 Å². The lowest BCUT2D eigenvalue weighted by Gasteiger charge is -2.16. The van der Waals surface area contributed by atoms with Gasteiger partial charge >= 0.3 is 0 Å². The summed E-state index contributed by atoms with van der Waals surface area (Å²) in [6.07, 6.45) is 4.89. The Bertz CT molecular complexity index is 1130. The molecule has 3 aromatic rings. The molecule has 0 aliphatic carbocycles. The van der Waals surface area contributed by atoms with Gasteiger partial charge in [-0.25, -0.2) is 4.98 Å². The molecule has 2 aromatic carbocycles. The number of hydrogen-bond acceptors (Lipinski definition) is 4. The lowest BCUT2D eigenvalue weighted by Crippen LogP contribution is -2.25. The van der Waals surface area contributed by atoms with Gasteiger partial charge in [-0.15, -0.1) is 13.2 Å². The molecule has 2 heterocycles. The predicted octanol–water partition coefficient (Wildman–Crippen LogP) is 4.35. The van der Waals surface area contributed by atoms with Gasteiger partial charge in [-0.3, -0.25) is 4.79 Å². The Morgan fingerprint density at radius 2 is 2.00 bits per heavy atom. The molecule has 0 radical (unpaired) electrons. The Labute approximate surface area is 188 Å². The van der Waals surface area contributed by atoms with Crippen molar-refractivity contribution in [3.8, 4) is 11.5 Å². The van der Waals surface area contributed by atoms with Crippen LogP contribution < -0.4 is 9.47 Å². The first-order valence-electron chi connectivity index (χ1n) is 10.9. The summed E-state index contributed by atoms with van der Waals surface area (Å²) in [5.41, 5.74) is 3.11. The molecule has 1 amide bonds. The number of aromatic nitrogens is 2. The standard InChI is InChI=1S/C26H29N3O3/c1-4-8-19-11-12-23(24(16-19)31-3)32-15-14-29-22-10-7-6-9-21(22)27-26(29)20-17-25(30)28(18-20)13-5-2/h4-7,9-12,16,20H,1-2,8,13-15,17-18H2,3H3/t20-/m0/s1. The third-order valence-electron chi connectivity index (χ3n) is 5.79. The number of fused-ring (bicyclic) bond motifs is 1. The van der Waals surface area contributed by atoms with Crippen LogP contribution in [0.4, 0.5) is 0 Å². The molecule has 1 fully saturated rings. The third-order valence-corrected chi connectivity index (χ3v) is 5.79. The second-order valence-corrected chi connectivity index (χ2v) is 7.93. The van der Waals surface area contributed by atoms with Crippen LogP contribution in [-0.4, -0.2) is 47.2 Å². The largest absolute Gasteiger partial charge is 0.493 e. The lowest BCUT2D eigenvalue weighted by atomic mass is 10.1. The van der Waals surface area contributed by atoms with Gasteiger partial charge in [0.1, 0.15) is 12.4 Å². The van der Waals surface area contributed by atoms with E-state index in [1.807, 2.05) is 47.4 Å². The fourth-order valence-electron chi connectivity index (χ4n) is 4.29. The van der Waals surface area contributed by atoms with Crippen LogP contribution in [0.25, 0.3) is 11.0 Å². The molecule has 0 N–H and O–H groups in total. The van der Waals surface area contributed by atoms with Crippen LogP contribution in [-0.2, 0) is 17.8 Å². The number of para-hydroxylation sites is 2. The van der Waals surface area contributed by atoms with Crippen molar-refractivity contribution in [3.05, 3.63) is 79.2 Å². The first-order chi connectivity index (χ1) is 15.6. The highest BCUT2D eigenvalue weighted by atomic mass is 16.5. The van der Waals surface area contributed by atoms with E-state index < -0.39 is 0 Å². The Morgan fingerprint density at radius 3 is 2.78 bits per heavy atom.